The molecule has 0 saturated carbocycles. The van der Waals surface area contributed by atoms with Crippen molar-refractivity contribution < 1.29 is 13.6 Å². The summed E-state index contributed by atoms with van der Waals surface area (Å²) in [5.74, 6) is -1.98. The van der Waals surface area contributed by atoms with Gasteiger partial charge in [-0.3, -0.25) is 9.48 Å². The van der Waals surface area contributed by atoms with Gasteiger partial charge in [-0.2, -0.15) is 5.10 Å². The minimum absolute atomic E-state index is 0.0156. The van der Waals surface area contributed by atoms with E-state index in [-0.39, 0.29) is 5.56 Å². The smallest absolute Gasteiger partial charge is 0.196 e. The van der Waals surface area contributed by atoms with E-state index in [0.29, 0.717) is 12.1 Å². The highest BCUT2D eigenvalue weighted by molar-refractivity contribution is 6.08. The van der Waals surface area contributed by atoms with Crippen LogP contribution in [-0.2, 0) is 6.54 Å². The van der Waals surface area contributed by atoms with Gasteiger partial charge >= 0.3 is 0 Å². The number of aromatic nitrogens is 2. The van der Waals surface area contributed by atoms with Crippen molar-refractivity contribution in [3.05, 3.63) is 53.4 Å². The molecule has 2 aromatic rings. The molecular weight excluding hydrogens is 226 g/mol. The number of halogens is 2. The van der Waals surface area contributed by atoms with Crippen LogP contribution < -0.4 is 0 Å². The summed E-state index contributed by atoms with van der Waals surface area (Å²) in [6.07, 6.45) is 2.93. The molecule has 0 aliphatic carbocycles. The van der Waals surface area contributed by atoms with Crippen LogP contribution in [0.3, 0.4) is 0 Å². The van der Waals surface area contributed by atoms with Crippen LogP contribution in [0.2, 0.25) is 0 Å². The number of carbonyl (C=O) groups excluding carboxylic acids is 1. The number of rotatable bonds is 3. The summed E-state index contributed by atoms with van der Waals surface area (Å²) in [4.78, 5) is 11.9. The standard InChI is InChI=1S/C12H10F2N2O/c1-2-16-7-9(6-15-16)12(17)8-3-10(13)5-11(14)4-8/h3-7H,2H2,1H3. The van der Waals surface area contributed by atoms with E-state index in [0.717, 1.165) is 18.2 Å². The highest BCUT2D eigenvalue weighted by Crippen LogP contribution is 2.13. The fourth-order valence-electron chi connectivity index (χ4n) is 1.51. The Morgan fingerprint density at radius 3 is 2.41 bits per heavy atom. The van der Waals surface area contributed by atoms with Crippen molar-refractivity contribution in [2.75, 3.05) is 0 Å². The Balaban J connectivity index is 2.36. The van der Waals surface area contributed by atoms with E-state index in [4.69, 9.17) is 0 Å². The number of ketones is 1. The van der Waals surface area contributed by atoms with Gasteiger partial charge in [0.1, 0.15) is 11.6 Å². The van der Waals surface area contributed by atoms with Gasteiger partial charge in [0.2, 0.25) is 0 Å². The average molecular weight is 236 g/mol. The highest BCUT2D eigenvalue weighted by atomic mass is 19.1. The Bertz CT molecular complexity index is 543. The lowest BCUT2D eigenvalue weighted by Crippen LogP contribution is -2.01. The van der Waals surface area contributed by atoms with E-state index < -0.39 is 17.4 Å². The van der Waals surface area contributed by atoms with Gasteiger partial charge in [-0.15, -0.1) is 0 Å². The highest BCUT2D eigenvalue weighted by Gasteiger charge is 2.13. The molecule has 17 heavy (non-hydrogen) atoms. The van der Waals surface area contributed by atoms with Gasteiger partial charge in [-0.25, -0.2) is 8.78 Å². The summed E-state index contributed by atoms with van der Waals surface area (Å²) < 4.78 is 27.5. The minimum Gasteiger partial charge on any atom is -0.288 e. The Kier molecular flexibility index (Phi) is 2.99. The molecule has 2 rings (SSSR count). The molecular formula is C12H10F2N2O. The molecule has 0 bridgehead atoms. The first-order valence-electron chi connectivity index (χ1n) is 5.13. The lowest BCUT2D eigenvalue weighted by molar-refractivity contribution is 0.103. The summed E-state index contributed by atoms with van der Waals surface area (Å²) in [6, 6.07) is 2.75. The van der Waals surface area contributed by atoms with Crippen molar-refractivity contribution in [2.24, 2.45) is 0 Å². The molecule has 88 valence electrons. The van der Waals surface area contributed by atoms with Crippen molar-refractivity contribution in [3.8, 4) is 0 Å². The van der Waals surface area contributed by atoms with Gasteiger partial charge in [0.15, 0.2) is 5.78 Å². The number of aryl methyl sites for hydroxylation is 1. The zero-order valence-electron chi connectivity index (χ0n) is 9.15. The third kappa shape index (κ3) is 2.38. The first kappa shape index (κ1) is 11.4. The zero-order valence-corrected chi connectivity index (χ0v) is 9.15. The number of hydrogen-bond acceptors (Lipinski definition) is 2. The molecule has 0 atom stereocenters. The van der Waals surface area contributed by atoms with Crippen LogP contribution in [0.4, 0.5) is 8.78 Å². The second-order valence-electron chi connectivity index (χ2n) is 3.57. The van der Waals surface area contributed by atoms with Crippen molar-refractivity contribution in [3.63, 3.8) is 0 Å². The van der Waals surface area contributed by atoms with Crippen molar-refractivity contribution >= 4 is 5.78 Å². The van der Waals surface area contributed by atoms with Crippen LogP contribution in [0.15, 0.2) is 30.6 Å². The van der Waals surface area contributed by atoms with Crippen molar-refractivity contribution in [1.82, 2.24) is 9.78 Å². The first-order valence-corrected chi connectivity index (χ1v) is 5.13. The molecule has 0 radical (unpaired) electrons. The van der Waals surface area contributed by atoms with E-state index >= 15 is 0 Å². The predicted octanol–water partition coefficient (Wildman–Crippen LogP) is 2.41. The Labute approximate surface area is 96.7 Å². The van der Waals surface area contributed by atoms with Crippen LogP contribution in [-0.4, -0.2) is 15.6 Å². The first-order chi connectivity index (χ1) is 8.10. The van der Waals surface area contributed by atoms with Gasteiger partial charge in [0.05, 0.1) is 11.8 Å². The van der Waals surface area contributed by atoms with Crippen molar-refractivity contribution in [1.29, 1.82) is 0 Å². The summed E-state index contributed by atoms with van der Waals surface area (Å²) in [5, 5.41) is 3.93. The van der Waals surface area contributed by atoms with Crippen LogP contribution >= 0.6 is 0 Å². The second kappa shape index (κ2) is 4.45. The normalized spacial score (nSPS) is 10.5. The van der Waals surface area contributed by atoms with Gasteiger partial charge in [0, 0.05) is 24.4 Å². The van der Waals surface area contributed by atoms with Crippen LogP contribution in [0.25, 0.3) is 0 Å². The molecule has 0 unspecified atom stereocenters. The summed E-state index contributed by atoms with van der Waals surface area (Å²) in [5.41, 5.74) is 0.301. The molecule has 0 amide bonds. The van der Waals surface area contributed by atoms with Crippen LogP contribution in [0.1, 0.15) is 22.8 Å². The third-order valence-corrected chi connectivity index (χ3v) is 2.34. The third-order valence-electron chi connectivity index (χ3n) is 2.34. The summed E-state index contributed by atoms with van der Waals surface area (Å²) in [6.45, 7) is 2.51. The fraction of sp³-hybridized carbons (Fsp3) is 0.167. The van der Waals surface area contributed by atoms with E-state index in [1.807, 2.05) is 6.92 Å². The largest absolute Gasteiger partial charge is 0.288 e. The number of hydrogen-bond donors (Lipinski definition) is 0. The fourth-order valence-corrected chi connectivity index (χ4v) is 1.51. The molecule has 0 aliphatic rings. The zero-order chi connectivity index (χ0) is 12.4. The lowest BCUT2D eigenvalue weighted by atomic mass is 10.1. The maximum atomic E-state index is 13.0. The molecule has 0 aliphatic heterocycles. The molecule has 3 nitrogen and oxygen atoms in total. The topological polar surface area (TPSA) is 34.9 Å². The van der Waals surface area contributed by atoms with Crippen LogP contribution in [0.5, 0.6) is 0 Å². The van der Waals surface area contributed by atoms with E-state index in [2.05, 4.69) is 5.10 Å². The summed E-state index contributed by atoms with van der Waals surface area (Å²) in [7, 11) is 0. The van der Waals surface area contributed by atoms with Gasteiger partial charge in [-0.05, 0) is 19.1 Å². The molecule has 0 saturated heterocycles. The Morgan fingerprint density at radius 2 is 1.88 bits per heavy atom. The second-order valence-corrected chi connectivity index (χ2v) is 3.57. The monoisotopic (exact) mass is 236 g/mol. The number of benzene rings is 1. The van der Waals surface area contributed by atoms with Gasteiger partial charge in [0.25, 0.3) is 0 Å². The molecule has 1 aromatic carbocycles. The van der Waals surface area contributed by atoms with Crippen LogP contribution in [0, 0.1) is 11.6 Å². The molecule has 5 heteroatoms. The number of carbonyl (C=O) groups is 1. The quantitative estimate of drug-likeness (QED) is 0.767. The maximum Gasteiger partial charge on any atom is 0.196 e. The van der Waals surface area contributed by atoms with Gasteiger partial charge < -0.3 is 0 Å². The Hall–Kier alpha value is -2.04. The van der Waals surface area contributed by atoms with Crippen molar-refractivity contribution in [2.45, 2.75) is 13.5 Å². The summed E-state index contributed by atoms with van der Waals surface area (Å²) >= 11 is 0. The number of nitrogens with zero attached hydrogens (tertiary/aromatic N) is 2. The van der Waals surface area contributed by atoms with Gasteiger partial charge in [-0.1, -0.05) is 0 Å². The van der Waals surface area contributed by atoms with E-state index in [1.165, 1.54) is 6.20 Å². The molecule has 0 fully saturated rings. The Morgan fingerprint density at radius 1 is 1.24 bits per heavy atom. The predicted molar refractivity (Wildman–Crippen MR) is 57.7 cm³/mol. The molecule has 0 N–H and O–H groups in total. The average Bonchev–Trinajstić information content (AvgIpc) is 2.75. The van der Waals surface area contributed by atoms with E-state index in [1.54, 1.807) is 10.9 Å². The lowest BCUT2D eigenvalue weighted by Gasteiger charge is -1.99. The molecule has 1 aromatic heterocycles. The van der Waals surface area contributed by atoms with E-state index in [9.17, 15) is 13.6 Å². The maximum absolute atomic E-state index is 13.0. The molecule has 0 spiro atoms. The molecule has 1 heterocycles. The minimum atomic E-state index is -0.767. The SMILES string of the molecule is CCn1cc(C(=O)c2cc(F)cc(F)c2)cn1.